The molecule has 0 aliphatic heterocycles. The number of hydrogen-bond acceptors (Lipinski definition) is 4. The summed E-state index contributed by atoms with van der Waals surface area (Å²) in [5, 5.41) is 12.7. The van der Waals surface area contributed by atoms with Crippen molar-refractivity contribution >= 4 is 17.2 Å². The van der Waals surface area contributed by atoms with Gasteiger partial charge in [-0.25, -0.2) is 4.98 Å². The Hall–Kier alpha value is -0.940. The monoisotopic (exact) mass is 284 g/mol. The second-order valence-electron chi connectivity index (χ2n) is 5.43. The van der Waals surface area contributed by atoms with Gasteiger partial charge in [-0.1, -0.05) is 20.8 Å². The van der Waals surface area contributed by atoms with Crippen LogP contribution in [0.2, 0.25) is 0 Å². The SMILES string of the molecule is Cc1nc(CC(C)C)c(C(=O)NCC(C)CCO)s1. The number of nitrogens with one attached hydrogen (secondary N) is 1. The van der Waals surface area contributed by atoms with E-state index in [1.54, 1.807) is 0 Å². The van der Waals surface area contributed by atoms with E-state index in [0.29, 0.717) is 18.9 Å². The smallest absolute Gasteiger partial charge is 0.263 e. The number of carbonyl (C=O) groups is 1. The van der Waals surface area contributed by atoms with E-state index in [2.05, 4.69) is 24.1 Å². The highest BCUT2D eigenvalue weighted by atomic mass is 32.1. The normalized spacial score (nSPS) is 12.7. The van der Waals surface area contributed by atoms with Gasteiger partial charge >= 0.3 is 0 Å². The summed E-state index contributed by atoms with van der Waals surface area (Å²) in [6.07, 6.45) is 1.54. The highest BCUT2D eigenvalue weighted by Gasteiger charge is 2.17. The van der Waals surface area contributed by atoms with E-state index in [1.807, 2.05) is 13.8 Å². The van der Waals surface area contributed by atoms with Gasteiger partial charge in [0, 0.05) is 13.2 Å². The van der Waals surface area contributed by atoms with Crippen LogP contribution in [0.25, 0.3) is 0 Å². The lowest BCUT2D eigenvalue weighted by molar-refractivity contribution is 0.0948. The lowest BCUT2D eigenvalue weighted by atomic mass is 10.1. The summed E-state index contributed by atoms with van der Waals surface area (Å²) < 4.78 is 0. The topological polar surface area (TPSA) is 62.2 Å². The molecule has 0 saturated carbocycles. The van der Waals surface area contributed by atoms with Crippen molar-refractivity contribution in [2.24, 2.45) is 11.8 Å². The highest BCUT2D eigenvalue weighted by Crippen LogP contribution is 2.20. The summed E-state index contributed by atoms with van der Waals surface area (Å²) in [4.78, 5) is 17.4. The van der Waals surface area contributed by atoms with Crippen LogP contribution in [0.1, 0.15) is 47.6 Å². The van der Waals surface area contributed by atoms with Crippen LogP contribution in [0.5, 0.6) is 0 Å². The van der Waals surface area contributed by atoms with Crippen LogP contribution >= 0.6 is 11.3 Å². The van der Waals surface area contributed by atoms with Crippen LogP contribution in [0.15, 0.2) is 0 Å². The van der Waals surface area contributed by atoms with Gasteiger partial charge in [0.1, 0.15) is 4.88 Å². The quantitative estimate of drug-likeness (QED) is 0.808. The molecule has 1 rings (SSSR count). The molecular weight excluding hydrogens is 260 g/mol. The molecule has 0 spiro atoms. The number of aliphatic hydroxyl groups is 1. The number of aliphatic hydroxyl groups excluding tert-OH is 1. The molecule has 0 aliphatic rings. The first-order valence-corrected chi connectivity index (χ1v) is 7.61. The van der Waals surface area contributed by atoms with Crippen molar-refractivity contribution in [3.8, 4) is 0 Å². The number of amides is 1. The third kappa shape index (κ3) is 5.28. The lowest BCUT2D eigenvalue weighted by Crippen LogP contribution is -2.28. The molecule has 0 aromatic carbocycles. The standard InChI is InChI=1S/C14H24N2O2S/c1-9(2)7-12-13(19-11(4)16-12)14(18)15-8-10(3)5-6-17/h9-10,17H,5-8H2,1-4H3,(H,15,18). The fourth-order valence-corrected chi connectivity index (χ4v) is 2.71. The molecule has 0 bridgehead atoms. The molecule has 5 heteroatoms. The van der Waals surface area contributed by atoms with Gasteiger partial charge in [-0.05, 0) is 31.6 Å². The number of nitrogens with zero attached hydrogens (tertiary/aromatic N) is 1. The Bertz CT molecular complexity index is 416. The molecule has 19 heavy (non-hydrogen) atoms. The summed E-state index contributed by atoms with van der Waals surface area (Å²) in [6.45, 7) is 8.95. The van der Waals surface area contributed by atoms with Crippen molar-refractivity contribution in [1.82, 2.24) is 10.3 Å². The summed E-state index contributed by atoms with van der Waals surface area (Å²) >= 11 is 1.46. The lowest BCUT2D eigenvalue weighted by Gasteiger charge is -2.11. The average Bonchev–Trinajstić information content (AvgIpc) is 2.66. The number of thiazole rings is 1. The predicted molar refractivity (Wildman–Crippen MR) is 78.6 cm³/mol. The third-order valence-corrected chi connectivity index (χ3v) is 3.86. The fourth-order valence-electron chi connectivity index (χ4n) is 1.84. The number of aryl methyl sites for hydroxylation is 1. The maximum Gasteiger partial charge on any atom is 0.263 e. The Balaban J connectivity index is 2.65. The van der Waals surface area contributed by atoms with E-state index in [1.165, 1.54) is 11.3 Å². The van der Waals surface area contributed by atoms with Crippen molar-refractivity contribution in [3.05, 3.63) is 15.6 Å². The van der Waals surface area contributed by atoms with Gasteiger partial charge in [-0.3, -0.25) is 4.79 Å². The highest BCUT2D eigenvalue weighted by molar-refractivity contribution is 7.13. The summed E-state index contributed by atoms with van der Waals surface area (Å²) in [5.41, 5.74) is 0.907. The van der Waals surface area contributed by atoms with Crippen LogP contribution in [-0.4, -0.2) is 29.1 Å². The van der Waals surface area contributed by atoms with E-state index < -0.39 is 0 Å². The summed E-state index contributed by atoms with van der Waals surface area (Å²) in [7, 11) is 0. The molecule has 1 atom stereocenters. The molecule has 1 unspecified atom stereocenters. The average molecular weight is 284 g/mol. The Morgan fingerprint density at radius 1 is 1.42 bits per heavy atom. The largest absolute Gasteiger partial charge is 0.396 e. The van der Waals surface area contributed by atoms with Gasteiger partial charge in [0.2, 0.25) is 0 Å². The molecule has 0 aliphatic carbocycles. The minimum absolute atomic E-state index is 0.0361. The van der Waals surface area contributed by atoms with Crippen molar-refractivity contribution in [3.63, 3.8) is 0 Å². The minimum atomic E-state index is -0.0361. The summed E-state index contributed by atoms with van der Waals surface area (Å²) in [6, 6.07) is 0. The van der Waals surface area contributed by atoms with Crippen molar-refractivity contribution in [2.75, 3.05) is 13.2 Å². The van der Waals surface area contributed by atoms with Crippen molar-refractivity contribution in [1.29, 1.82) is 0 Å². The number of rotatable bonds is 7. The number of carbonyl (C=O) groups excluding carboxylic acids is 1. The van der Waals surface area contributed by atoms with Gasteiger partial charge in [0.15, 0.2) is 0 Å². The van der Waals surface area contributed by atoms with Crippen LogP contribution < -0.4 is 5.32 Å². The number of aromatic nitrogens is 1. The second kappa shape index (κ2) is 7.60. The minimum Gasteiger partial charge on any atom is -0.396 e. The molecule has 1 heterocycles. The van der Waals surface area contributed by atoms with Crippen LogP contribution in [0.4, 0.5) is 0 Å². The van der Waals surface area contributed by atoms with Gasteiger partial charge in [-0.15, -0.1) is 11.3 Å². The molecule has 0 fully saturated rings. The van der Waals surface area contributed by atoms with Gasteiger partial charge in [-0.2, -0.15) is 0 Å². The zero-order chi connectivity index (χ0) is 14.4. The Kier molecular flexibility index (Phi) is 6.45. The molecule has 0 saturated heterocycles. The molecule has 0 radical (unpaired) electrons. The van der Waals surface area contributed by atoms with E-state index in [9.17, 15) is 4.79 Å². The zero-order valence-corrected chi connectivity index (χ0v) is 13.0. The first-order valence-electron chi connectivity index (χ1n) is 6.79. The molecule has 2 N–H and O–H groups in total. The van der Waals surface area contributed by atoms with E-state index in [0.717, 1.165) is 22.0 Å². The van der Waals surface area contributed by atoms with Gasteiger partial charge in [0.25, 0.3) is 5.91 Å². The van der Waals surface area contributed by atoms with Crippen molar-refractivity contribution in [2.45, 2.75) is 40.5 Å². The zero-order valence-electron chi connectivity index (χ0n) is 12.2. The second-order valence-corrected chi connectivity index (χ2v) is 6.64. The summed E-state index contributed by atoms with van der Waals surface area (Å²) in [5.74, 6) is 0.740. The van der Waals surface area contributed by atoms with Crippen molar-refractivity contribution < 1.29 is 9.90 Å². The molecule has 1 aromatic rings. The van der Waals surface area contributed by atoms with E-state index in [4.69, 9.17) is 5.11 Å². The van der Waals surface area contributed by atoms with Crippen LogP contribution in [0.3, 0.4) is 0 Å². The molecular formula is C14H24N2O2S. The molecule has 1 amide bonds. The third-order valence-electron chi connectivity index (χ3n) is 2.85. The van der Waals surface area contributed by atoms with Gasteiger partial charge < -0.3 is 10.4 Å². The van der Waals surface area contributed by atoms with Crippen LogP contribution in [0, 0.1) is 18.8 Å². The first-order chi connectivity index (χ1) is 8.93. The Labute approximate surface area is 119 Å². The Morgan fingerprint density at radius 2 is 2.11 bits per heavy atom. The molecule has 1 aromatic heterocycles. The predicted octanol–water partition coefficient (Wildman–Crippen LogP) is 2.40. The maximum atomic E-state index is 12.2. The Morgan fingerprint density at radius 3 is 2.68 bits per heavy atom. The fraction of sp³-hybridized carbons (Fsp3) is 0.714. The van der Waals surface area contributed by atoms with E-state index in [-0.39, 0.29) is 18.4 Å². The number of hydrogen-bond donors (Lipinski definition) is 2. The van der Waals surface area contributed by atoms with Crippen LogP contribution in [-0.2, 0) is 6.42 Å². The first kappa shape index (κ1) is 16.1. The molecule has 4 nitrogen and oxygen atoms in total. The van der Waals surface area contributed by atoms with Gasteiger partial charge in [0.05, 0.1) is 10.7 Å². The maximum absolute atomic E-state index is 12.2. The van der Waals surface area contributed by atoms with E-state index >= 15 is 0 Å². The molecule has 108 valence electrons.